The third-order valence-electron chi connectivity index (χ3n) is 5.97. The van der Waals surface area contributed by atoms with Gasteiger partial charge >= 0.3 is 30.7 Å². The molecule has 214 valence electrons. The molecule has 1 N–H and O–H groups in total. The van der Waals surface area contributed by atoms with Gasteiger partial charge in [0.25, 0.3) is 0 Å². The molecule has 2 unspecified atom stereocenters. The molecule has 15 heteroatoms. The zero-order chi connectivity index (χ0) is 34.5. The minimum atomic E-state index is -5.36. The van der Waals surface area contributed by atoms with Crippen LogP contribution in [0.2, 0.25) is 0 Å². The highest BCUT2D eigenvalue weighted by Crippen LogP contribution is 2.45. The maximum absolute atomic E-state index is 13.7. The zero-order valence-corrected chi connectivity index (χ0v) is 19.2. The normalized spacial score (nSPS) is 20.9. The SMILES string of the molecule is [2H]C([2H])([2H])CC1CC(N(Cc2cc(C(F)(F)F)cc(C(F)(F)F)c2)C(=O)OC([2H])([2H])[2H])c2cc(C(F)(F)F)ccc2N1C(=O)O. The van der Waals surface area contributed by atoms with Crippen LogP contribution in [-0.2, 0) is 29.8 Å². The molecule has 0 saturated heterocycles. The van der Waals surface area contributed by atoms with Gasteiger partial charge in [0.05, 0.1) is 39.6 Å². The Hall–Kier alpha value is -3.65. The van der Waals surface area contributed by atoms with E-state index in [0.29, 0.717) is 23.1 Å². The molecule has 39 heavy (non-hydrogen) atoms. The summed E-state index contributed by atoms with van der Waals surface area (Å²) in [5.74, 6) is 0. The molecule has 0 aromatic heterocycles. The number of carbonyl (C=O) groups excluding carboxylic acids is 1. The van der Waals surface area contributed by atoms with Gasteiger partial charge in [0, 0.05) is 16.7 Å². The molecule has 0 saturated carbocycles. The molecule has 0 bridgehead atoms. The van der Waals surface area contributed by atoms with Gasteiger partial charge in [0.15, 0.2) is 0 Å². The lowest BCUT2D eigenvalue weighted by Crippen LogP contribution is -2.48. The van der Waals surface area contributed by atoms with Crippen molar-refractivity contribution in [1.82, 2.24) is 4.90 Å². The molecule has 2 aromatic carbocycles. The lowest BCUT2D eigenvalue weighted by atomic mass is 9.87. The molecular formula is C24H21F9N2O4. The monoisotopic (exact) mass is 578 g/mol. The van der Waals surface area contributed by atoms with Crippen LogP contribution in [0, 0.1) is 0 Å². The van der Waals surface area contributed by atoms with Crippen LogP contribution in [0.15, 0.2) is 36.4 Å². The van der Waals surface area contributed by atoms with Crippen LogP contribution in [-0.4, -0.2) is 35.3 Å². The van der Waals surface area contributed by atoms with Crippen molar-refractivity contribution in [3.63, 3.8) is 0 Å². The minimum Gasteiger partial charge on any atom is -0.465 e. The predicted molar refractivity (Wildman–Crippen MR) is 118 cm³/mol. The summed E-state index contributed by atoms with van der Waals surface area (Å²) in [6.07, 6.45) is -21.4. The van der Waals surface area contributed by atoms with E-state index < -0.39 is 110 Å². The van der Waals surface area contributed by atoms with E-state index in [0.717, 1.165) is 0 Å². The second-order valence-corrected chi connectivity index (χ2v) is 8.44. The first-order chi connectivity index (χ1) is 20.2. The molecule has 2 aromatic rings. The Balaban J connectivity index is 2.32. The number of halogens is 9. The Labute approximate surface area is 224 Å². The highest BCUT2D eigenvalue weighted by atomic mass is 19.4. The van der Waals surface area contributed by atoms with Crippen molar-refractivity contribution >= 4 is 17.9 Å². The van der Waals surface area contributed by atoms with Crippen molar-refractivity contribution in [2.45, 2.75) is 56.9 Å². The van der Waals surface area contributed by atoms with Gasteiger partial charge in [0.2, 0.25) is 0 Å². The molecule has 1 heterocycles. The van der Waals surface area contributed by atoms with Gasteiger partial charge in [-0.3, -0.25) is 9.80 Å². The lowest BCUT2D eigenvalue weighted by Gasteiger charge is -2.43. The van der Waals surface area contributed by atoms with Crippen molar-refractivity contribution in [1.29, 1.82) is 0 Å². The maximum Gasteiger partial charge on any atom is 0.416 e. The third-order valence-corrected chi connectivity index (χ3v) is 5.97. The molecular weight excluding hydrogens is 551 g/mol. The fourth-order valence-corrected chi connectivity index (χ4v) is 4.30. The number of fused-ring (bicyclic) bond motifs is 1. The van der Waals surface area contributed by atoms with E-state index in [1.165, 1.54) is 0 Å². The molecule has 3 rings (SSSR count). The number of ether oxygens (including phenoxy) is 1. The number of carboxylic acid groups (broad SMARTS) is 1. The van der Waals surface area contributed by atoms with Gasteiger partial charge < -0.3 is 9.84 Å². The molecule has 0 aliphatic carbocycles. The Morgan fingerprint density at radius 2 is 1.56 bits per heavy atom. The summed E-state index contributed by atoms with van der Waals surface area (Å²) in [7, 11) is -3.57. The van der Waals surface area contributed by atoms with Crippen molar-refractivity contribution in [2.24, 2.45) is 0 Å². The first-order valence-electron chi connectivity index (χ1n) is 13.7. The van der Waals surface area contributed by atoms with Gasteiger partial charge in [-0.05, 0) is 60.4 Å². The molecule has 2 amide bonds. The third kappa shape index (κ3) is 6.33. The van der Waals surface area contributed by atoms with Gasteiger partial charge in [-0.2, -0.15) is 39.5 Å². The molecule has 2 atom stereocenters. The predicted octanol–water partition coefficient (Wildman–Crippen LogP) is 7.72. The summed E-state index contributed by atoms with van der Waals surface area (Å²) in [5, 5.41) is 9.84. The largest absolute Gasteiger partial charge is 0.465 e. The van der Waals surface area contributed by atoms with Gasteiger partial charge in [0.1, 0.15) is 0 Å². The number of methoxy groups -OCH3 is 1. The molecule has 6 nitrogen and oxygen atoms in total. The number of amides is 2. The lowest BCUT2D eigenvalue weighted by molar-refractivity contribution is -0.143. The molecule has 0 fully saturated rings. The number of hydrogen-bond donors (Lipinski definition) is 1. The highest BCUT2D eigenvalue weighted by molar-refractivity contribution is 5.89. The molecule has 1 aliphatic heterocycles. The summed E-state index contributed by atoms with van der Waals surface area (Å²) >= 11 is 0. The van der Waals surface area contributed by atoms with E-state index in [1.54, 1.807) is 0 Å². The van der Waals surface area contributed by atoms with Crippen molar-refractivity contribution in [3.05, 3.63) is 64.2 Å². The average molecular weight is 578 g/mol. The number of benzene rings is 2. The van der Waals surface area contributed by atoms with E-state index in [9.17, 15) is 54.2 Å². The zero-order valence-electron chi connectivity index (χ0n) is 25.2. The van der Waals surface area contributed by atoms with E-state index in [1.807, 2.05) is 0 Å². The molecule has 0 spiro atoms. The highest BCUT2D eigenvalue weighted by Gasteiger charge is 2.43. The van der Waals surface area contributed by atoms with Gasteiger partial charge in [-0.25, -0.2) is 9.59 Å². The van der Waals surface area contributed by atoms with E-state index in [2.05, 4.69) is 4.74 Å². The summed E-state index contributed by atoms with van der Waals surface area (Å²) in [6.45, 7) is -4.21. The Bertz CT molecular complexity index is 1410. The van der Waals surface area contributed by atoms with Gasteiger partial charge in [-0.15, -0.1) is 0 Å². The molecule has 0 radical (unpaired) electrons. The van der Waals surface area contributed by atoms with Gasteiger partial charge in [-0.1, -0.05) is 6.85 Å². The van der Waals surface area contributed by atoms with Crippen LogP contribution in [0.3, 0.4) is 0 Å². The fourth-order valence-electron chi connectivity index (χ4n) is 4.30. The number of carbonyl (C=O) groups is 2. The van der Waals surface area contributed by atoms with Crippen LogP contribution in [0.1, 0.15) is 61.8 Å². The van der Waals surface area contributed by atoms with E-state index in [4.69, 9.17) is 8.22 Å². The summed E-state index contributed by atoms with van der Waals surface area (Å²) in [5.41, 5.74) is -7.30. The number of anilines is 1. The smallest absolute Gasteiger partial charge is 0.416 e. The van der Waals surface area contributed by atoms with Crippen molar-refractivity contribution in [2.75, 3.05) is 11.9 Å². The first-order valence-corrected chi connectivity index (χ1v) is 10.7. The average Bonchev–Trinajstić information content (AvgIpc) is 2.82. The van der Waals surface area contributed by atoms with E-state index >= 15 is 0 Å². The summed E-state index contributed by atoms with van der Waals surface area (Å²) in [6, 6.07) is -2.05. The number of rotatable bonds is 4. The number of hydrogen-bond acceptors (Lipinski definition) is 3. The Kier molecular flexibility index (Phi) is 5.97. The van der Waals surface area contributed by atoms with Crippen LogP contribution < -0.4 is 4.90 Å². The first kappa shape index (κ1) is 22.2. The maximum atomic E-state index is 13.7. The van der Waals surface area contributed by atoms with Crippen LogP contribution in [0.5, 0.6) is 0 Å². The Morgan fingerprint density at radius 3 is 2.05 bits per heavy atom. The van der Waals surface area contributed by atoms with Crippen LogP contribution >= 0.6 is 0 Å². The summed E-state index contributed by atoms with van der Waals surface area (Å²) in [4.78, 5) is 26.0. The summed E-state index contributed by atoms with van der Waals surface area (Å²) < 4.78 is 171. The second kappa shape index (κ2) is 10.5. The minimum absolute atomic E-state index is 0.185. The fraction of sp³-hybridized carbons (Fsp3) is 0.417. The van der Waals surface area contributed by atoms with Crippen LogP contribution in [0.25, 0.3) is 0 Å². The van der Waals surface area contributed by atoms with Crippen molar-refractivity contribution in [3.8, 4) is 0 Å². The number of alkyl halides is 9. The quantitative estimate of drug-likeness (QED) is 0.377. The molecule has 1 aliphatic rings. The van der Waals surface area contributed by atoms with Crippen LogP contribution in [0.4, 0.5) is 54.8 Å². The second-order valence-electron chi connectivity index (χ2n) is 8.44. The topological polar surface area (TPSA) is 70.1 Å². The number of nitrogens with zero attached hydrogens (tertiary/aromatic N) is 2. The Morgan fingerprint density at radius 1 is 0.974 bits per heavy atom. The van der Waals surface area contributed by atoms with E-state index in [-0.39, 0.29) is 23.1 Å². The van der Waals surface area contributed by atoms with Crippen molar-refractivity contribution < 1.29 is 67.2 Å². The standard InChI is InChI=1S/C24H21F9N2O4/c1-3-16-10-19(17-9-13(22(25,26)27)4-5-18(17)35(16)20(36)37)34(21(38)39-2)11-12-6-14(23(28,29)30)8-15(7-12)24(31,32)33/h4-9,16,19H,3,10-11H2,1-2H3,(H,36,37)/i1D3,2D3.